The first-order valence-corrected chi connectivity index (χ1v) is 5.84. The zero-order chi connectivity index (χ0) is 13.3. The molecule has 0 fully saturated rings. The van der Waals surface area contributed by atoms with Gasteiger partial charge >= 0.3 is 6.18 Å². The summed E-state index contributed by atoms with van der Waals surface area (Å²) in [6.45, 7) is 5.73. The highest BCUT2D eigenvalue weighted by atomic mass is 32.1. The zero-order valence-electron chi connectivity index (χ0n) is 9.84. The zero-order valence-corrected chi connectivity index (χ0v) is 10.7. The van der Waals surface area contributed by atoms with Gasteiger partial charge in [0.2, 0.25) is 0 Å². The average Bonchev–Trinajstić information content (AvgIpc) is 2.60. The van der Waals surface area contributed by atoms with Crippen molar-refractivity contribution in [2.24, 2.45) is 5.73 Å². The van der Waals surface area contributed by atoms with Crippen LogP contribution in [0.25, 0.3) is 0 Å². The molecule has 0 radical (unpaired) electrons. The number of nitrogens with zero attached hydrogens (tertiary/aromatic N) is 1. The van der Waals surface area contributed by atoms with Crippen LogP contribution in [0.5, 0.6) is 0 Å². The second-order valence-electron chi connectivity index (χ2n) is 4.60. The molecule has 1 heterocycles. The molecule has 0 aliphatic rings. The van der Waals surface area contributed by atoms with Crippen molar-refractivity contribution in [3.63, 3.8) is 0 Å². The van der Waals surface area contributed by atoms with Crippen molar-refractivity contribution in [3.05, 3.63) is 16.1 Å². The van der Waals surface area contributed by atoms with Gasteiger partial charge in [-0.1, -0.05) is 0 Å². The molecule has 0 aliphatic heterocycles. The summed E-state index contributed by atoms with van der Waals surface area (Å²) >= 11 is 0.557. The number of alkyl halides is 3. The van der Waals surface area contributed by atoms with Gasteiger partial charge in [-0.25, -0.2) is 4.98 Å². The van der Waals surface area contributed by atoms with Crippen molar-refractivity contribution < 1.29 is 17.9 Å². The third kappa shape index (κ3) is 4.61. The van der Waals surface area contributed by atoms with Crippen LogP contribution in [0.3, 0.4) is 0 Å². The first kappa shape index (κ1) is 14.4. The van der Waals surface area contributed by atoms with Crippen LogP contribution in [-0.2, 0) is 10.9 Å². The van der Waals surface area contributed by atoms with Gasteiger partial charge in [-0.15, -0.1) is 11.3 Å². The summed E-state index contributed by atoms with van der Waals surface area (Å²) in [7, 11) is 0. The van der Waals surface area contributed by atoms with E-state index in [1.165, 1.54) is 0 Å². The van der Waals surface area contributed by atoms with E-state index in [9.17, 15) is 13.2 Å². The quantitative estimate of drug-likeness (QED) is 0.916. The summed E-state index contributed by atoms with van der Waals surface area (Å²) in [6.07, 6.45) is -3.25. The number of thiazole rings is 1. The number of hydrogen-bond acceptors (Lipinski definition) is 4. The van der Waals surface area contributed by atoms with Crippen LogP contribution in [0.2, 0.25) is 0 Å². The molecule has 0 aromatic carbocycles. The van der Waals surface area contributed by atoms with Crippen LogP contribution in [0, 0.1) is 0 Å². The molecular formula is C10H15F3N2OS. The molecule has 0 saturated carbocycles. The second kappa shape index (κ2) is 4.91. The normalized spacial score (nSPS) is 15.0. The molecular weight excluding hydrogens is 253 g/mol. The second-order valence-corrected chi connectivity index (χ2v) is 5.66. The van der Waals surface area contributed by atoms with Gasteiger partial charge in [-0.05, 0) is 20.8 Å². The minimum atomic E-state index is -4.41. The topological polar surface area (TPSA) is 48.1 Å². The third-order valence-corrected chi connectivity index (χ3v) is 3.00. The molecule has 98 valence electrons. The lowest BCUT2D eigenvalue weighted by atomic mass is 10.2. The largest absolute Gasteiger partial charge is 0.443 e. The first-order valence-electron chi connectivity index (χ1n) is 5.02. The van der Waals surface area contributed by atoms with Crippen molar-refractivity contribution in [2.75, 3.05) is 6.61 Å². The lowest BCUT2D eigenvalue weighted by Crippen LogP contribution is -2.25. The number of halogens is 3. The molecule has 7 heteroatoms. The predicted octanol–water partition coefficient (Wildman–Crippen LogP) is 2.98. The van der Waals surface area contributed by atoms with E-state index in [1.54, 1.807) is 0 Å². The molecule has 0 aliphatic carbocycles. The number of nitrogens with two attached hydrogens (primary N) is 1. The molecule has 0 spiro atoms. The van der Waals surface area contributed by atoms with Crippen molar-refractivity contribution >= 4 is 11.3 Å². The Labute approximate surface area is 102 Å². The monoisotopic (exact) mass is 268 g/mol. The van der Waals surface area contributed by atoms with E-state index in [4.69, 9.17) is 10.5 Å². The summed E-state index contributed by atoms with van der Waals surface area (Å²) in [4.78, 5) is 3.69. The van der Waals surface area contributed by atoms with Gasteiger partial charge in [-0.3, -0.25) is 0 Å². The van der Waals surface area contributed by atoms with Crippen molar-refractivity contribution in [2.45, 2.75) is 38.6 Å². The Morgan fingerprint density at radius 3 is 2.41 bits per heavy atom. The Kier molecular flexibility index (Phi) is 4.16. The fourth-order valence-corrected chi connectivity index (χ4v) is 1.78. The smallest absolute Gasteiger partial charge is 0.374 e. The van der Waals surface area contributed by atoms with E-state index in [2.05, 4.69) is 4.98 Å². The highest BCUT2D eigenvalue weighted by Gasteiger charge is 2.35. The van der Waals surface area contributed by atoms with Crippen LogP contribution < -0.4 is 5.73 Å². The molecule has 0 saturated heterocycles. The lowest BCUT2D eigenvalue weighted by Gasteiger charge is -2.21. The number of rotatable bonds is 3. The van der Waals surface area contributed by atoms with Gasteiger partial charge in [-0.2, -0.15) is 13.2 Å². The fourth-order valence-electron chi connectivity index (χ4n) is 1.01. The van der Waals surface area contributed by atoms with Crippen molar-refractivity contribution in [1.29, 1.82) is 0 Å². The van der Waals surface area contributed by atoms with E-state index in [0.717, 1.165) is 6.20 Å². The van der Waals surface area contributed by atoms with E-state index in [-0.39, 0.29) is 12.2 Å². The molecule has 1 aromatic rings. The Balaban J connectivity index is 2.64. The number of hydrogen-bond donors (Lipinski definition) is 1. The van der Waals surface area contributed by atoms with Crippen LogP contribution in [0.1, 0.15) is 36.7 Å². The van der Waals surface area contributed by atoms with Gasteiger partial charge in [0.05, 0.1) is 18.2 Å². The van der Waals surface area contributed by atoms with E-state index in [1.807, 2.05) is 20.8 Å². The number of ether oxygens (including phenoxy) is 1. The molecule has 0 bridgehead atoms. The summed E-state index contributed by atoms with van der Waals surface area (Å²) in [6, 6.07) is -0.581. The molecule has 0 amide bonds. The van der Waals surface area contributed by atoms with Crippen LogP contribution in [0.15, 0.2) is 6.20 Å². The van der Waals surface area contributed by atoms with Gasteiger partial charge in [0.1, 0.15) is 0 Å². The van der Waals surface area contributed by atoms with E-state index in [0.29, 0.717) is 16.2 Å². The maximum atomic E-state index is 12.3. The molecule has 1 rings (SSSR count). The van der Waals surface area contributed by atoms with Gasteiger partial charge in [0.25, 0.3) is 0 Å². The Morgan fingerprint density at radius 1 is 1.41 bits per heavy atom. The number of aromatic nitrogens is 1. The third-order valence-electron chi connectivity index (χ3n) is 1.83. The highest BCUT2D eigenvalue weighted by Crippen LogP contribution is 2.34. The van der Waals surface area contributed by atoms with Crippen LogP contribution in [0.4, 0.5) is 13.2 Å². The van der Waals surface area contributed by atoms with Crippen LogP contribution in [-0.4, -0.2) is 17.2 Å². The average molecular weight is 268 g/mol. The minimum Gasteiger partial charge on any atom is -0.374 e. The van der Waals surface area contributed by atoms with Crippen molar-refractivity contribution in [1.82, 2.24) is 4.98 Å². The van der Waals surface area contributed by atoms with Crippen LogP contribution >= 0.6 is 11.3 Å². The maximum Gasteiger partial charge on any atom is 0.443 e. The van der Waals surface area contributed by atoms with Crippen molar-refractivity contribution in [3.8, 4) is 0 Å². The summed E-state index contributed by atoms with van der Waals surface area (Å²) < 4.78 is 42.4. The molecule has 1 aromatic heterocycles. The molecule has 2 N–H and O–H groups in total. The fraction of sp³-hybridized carbons (Fsp3) is 0.700. The Bertz CT molecular complexity index is 370. The molecule has 17 heavy (non-hydrogen) atoms. The van der Waals surface area contributed by atoms with Gasteiger partial charge in [0.15, 0.2) is 5.01 Å². The van der Waals surface area contributed by atoms with E-state index >= 15 is 0 Å². The first-order chi connectivity index (χ1) is 7.59. The Morgan fingerprint density at radius 2 is 2.00 bits per heavy atom. The van der Waals surface area contributed by atoms with E-state index < -0.39 is 17.2 Å². The lowest BCUT2D eigenvalue weighted by molar-refractivity contribution is -0.137. The molecule has 1 unspecified atom stereocenters. The summed E-state index contributed by atoms with van der Waals surface area (Å²) in [5.74, 6) is 0. The molecule has 1 atom stereocenters. The van der Waals surface area contributed by atoms with Gasteiger partial charge < -0.3 is 10.5 Å². The molecule has 3 nitrogen and oxygen atoms in total. The summed E-state index contributed by atoms with van der Waals surface area (Å²) in [5, 5.41) is -0.876. The summed E-state index contributed by atoms with van der Waals surface area (Å²) in [5.41, 5.74) is 5.37. The Hall–Kier alpha value is -0.660. The minimum absolute atomic E-state index is 0.170. The SMILES string of the molecule is CC(C)(C)OCC(N)c1cnc(C(F)(F)F)s1. The maximum absolute atomic E-state index is 12.3. The highest BCUT2D eigenvalue weighted by molar-refractivity contribution is 7.11. The predicted molar refractivity (Wildman–Crippen MR) is 59.7 cm³/mol. The standard InChI is InChI=1S/C10H15F3N2OS/c1-9(2,3)16-5-6(14)7-4-15-8(17-7)10(11,12)13/h4,6H,5,14H2,1-3H3. The van der Waals surface area contributed by atoms with Gasteiger partial charge in [0, 0.05) is 11.1 Å².